The van der Waals surface area contributed by atoms with Crippen molar-refractivity contribution in [3.8, 4) is 0 Å². The summed E-state index contributed by atoms with van der Waals surface area (Å²) in [6.45, 7) is 0. The Bertz CT molecular complexity index is 676. The second-order valence-corrected chi connectivity index (χ2v) is 5.77. The van der Waals surface area contributed by atoms with Gasteiger partial charge >= 0.3 is 0 Å². The lowest BCUT2D eigenvalue weighted by Crippen LogP contribution is -2.25. The van der Waals surface area contributed by atoms with Crippen LogP contribution in [0.5, 0.6) is 0 Å². The molecule has 0 aliphatic heterocycles. The first-order valence-corrected chi connectivity index (χ1v) is 7.20. The highest BCUT2D eigenvalue weighted by Crippen LogP contribution is 2.38. The molecule has 0 radical (unpaired) electrons. The predicted molar refractivity (Wildman–Crippen MR) is 75.1 cm³/mol. The quantitative estimate of drug-likeness (QED) is 0.936. The molecule has 0 atom stereocenters. The molecule has 2 aromatic rings. The zero-order valence-electron chi connectivity index (χ0n) is 10.6. The maximum Gasteiger partial charge on any atom is 0.256 e. The van der Waals surface area contributed by atoms with Gasteiger partial charge in [-0.05, 0) is 37.0 Å². The lowest BCUT2D eigenvalue weighted by molar-refractivity contribution is -0.254. The Hall–Kier alpha value is -2.14. The number of amides is 1. The maximum absolute atomic E-state index is 12.1. The van der Waals surface area contributed by atoms with E-state index >= 15 is 0 Å². The Balaban J connectivity index is 1.92. The van der Waals surface area contributed by atoms with Crippen LogP contribution in [0.3, 0.4) is 0 Å². The molecule has 102 valence electrons. The van der Waals surface area contributed by atoms with Gasteiger partial charge in [-0.2, -0.15) is 0 Å². The molecule has 1 heterocycles. The Morgan fingerprint density at radius 3 is 2.60 bits per heavy atom. The van der Waals surface area contributed by atoms with E-state index in [0.717, 1.165) is 29.7 Å². The molecule has 1 aliphatic rings. The highest BCUT2D eigenvalue weighted by atomic mass is 32.1. The Kier molecular flexibility index (Phi) is 3.28. The van der Waals surface area contributed by atoms with Crippen molar-refractivity contribution in [3.05, 3.63) is 51.9 Å². The molecule has 20 heavy (non-hydrogen) atoms. The summed E-state index contributed by atoms with van der Waals surface area (Å²) in [5.74, 6) is -1.51. The second kappa shape index (κ2) is 5.09. The summed E-state index contributed by atoms with van der Waals surface area (Å²) in [7, 11) is 0. The van der Waals surface area contributed by atoms with Crippen LogP contribution in [0.1, 0.15) is 37.6 Å². The molecule has 0 saturated carbocycles. The predicted octanol–water partition coefficient (Wildman–Crippen LogP) is 1.85. The minimum atomic E-state index is -1.22. The van der Waals surface area contributed by atoms with Crippen LogP contribution in [-0.2, 0) is 12.8 Å². The number of carbonyl (C=O) groups is 2. The number of carbonyl (C=O) groups excluding carboxylic acids is 2. The van der Waals surface area contributed by atoms with E-state index in [0.29, 0.717) is 10.6 Å². The van der Waals surface area contributed by atoms with Crippen LogP contribution >= 0.6 is 11.3 Å². The van der Waals surface area contributed by atoms with Gasteiger partial charge in [0.25, 0.3) is 5.91 Å². The van der Waals surface area contributed by atoms with Crippen LogP contribution in [0.4, 0.5) is 5.00 Å². The molecule has 0 saturated heterocycles. The lowest BCUT2D eigenvalue weighted by Gasteiger charge is -2.09. The number of fused-ring (bicyclic) bond motifs is 1. The molecule has 0 bridgehead atoms. The number of rotatable bonds is 3. The monoisotopic (exact) mass is 286 g/mol. The standard InChI is InChI=1S/C15H13NO3S/c17-13(9-5-2-1-3-6-9)16-14-12(15(18)19)10-7-4-8-11(10)20-14/h1-3,5-6H,4,7-8H2,(H,16,17)(H,18,19)/p-1. The number of aromatic carboxylic acids is 1. The molecule has 0 unspecified atom stereocenters. The van der Waals surface area contributed by atoms with E-state index in [1.54, 1.807) is 24.3 Å². The zero-order valence-corrected chi connectivity index (χ0v) is 11.5. The van der Waals surface area contributed by atoms with Crippen LogP contribution in [0, 0.1) is 0 Å². The number of carboxylic acids is 1. The Labute approximate surface area is 120 Å². The van der Waals surface area contributed by atoms with Gasteiger partial charge in [0.1, 0.15) is 5.00 Å². The number of carboxylic acid groups (broad SMARTS) is 1. The van der Waals surface area contributed by atoms with Gasteiger partial charge in [0.05, 0.1) is 5.97 Å². The van der Waals surface area contributed by atoms with E-state index in [-0.39, 0.29) is 11.5 Å². The number of nitrogens with one attached hydrogen (secondary N) is 1. The number of hydrogen-bond acceptors (Lipinski definition) is 4. The van der Waals surface area contributed by atoms with Crippen molar-refractivity contribution in [3.63, 3.8) is 0 Å². The summed E-state index contributed by atoms with van der Waals surface area (Å²) in [5.41, 5.74) is 1.50. The highest BCUT2D eigenvalue weighted by Gasteiger charge is 2.23. The molecule has 1 aromatic carbocycles. The summed E-state index contributed by atoms with van der Waals surface area (Å²) < 4.78 is 0. The van der Waals surface area contributed by atoms with Crippen LogP contribution in [0.15, 0.2) is 30.3 Å². The summed E-state index contributed by atoms with van der Waals surface area (Å²) in [5, 5.41) is 14.4. The fourth-order valence-electron chi connectivity index (χ4n) is 2.47. The average Bonchev–Trinajstić information content (AvgIpc) is 2.99. The van der Waals surface area contributed by atoms with Crippen molar-refractivity contribution in [2.45, 2.75) is 19.3 Å². The summed E-state index contributed by atoms with van der Waals surface area (Å²) in [6.07, 6.45) is 2.59. The number of hydrogen-bond donors (Lipinski definition) is 1. The van der Waals surface area contributed by atoms with Crippen molar-refractivity contribution in [1.82, 2.24) is 0 Å². The normalized spacial score (nSPS) is 13.0. The van der Waals surface area contributed by atoms with Crippen molar-refractivity contribution in [1.29, 1.82) is 0 Å². The molecule has 1 N–H and O–H groups in total. The van der Waals surface area contributed by atoms with Crippen LogP contribution in [-0.4, -0.2) is 11.9 Å². The van der Waals surface area contributed by atoms with Crippen molar-refractivity contribution >= 4 is 28.2 Å². The Morgan fingerprint density at radius 1 is 1.15 bits per heavy atom. The number of aryl methyl sites for hydroxylation is 1. The van der Waals surface area contributed by atoms with Gasteiger partial charge in [0, 0.05) is 16.0 Å². The molecular weight excluding hydrogens is 274 g/mol. The number of thiophene rings is 1. The maximum atomic E-state index is 12.1. The first-order chi connectivity index (χ1) is 9.66. The van der Waals surface area contributed by atoms with E-state index in [1.165, 1.54) is 11.3 Å². The molecule has 1 aliphatic carbocycles. The third-order valence-electron chi connectivity index (χ3n) is 3.39. The smallest absolute Gasteiger partial charge is 0.256 e. The van der Waals surface area contributed by atoms with Gasteiger partial charge in [-0.15, -0.1) is 11.3 Å². The molecule has 1 amide bonds. The van der Waals surface area contributed by atoms with Crippen molar-refractivity contribution in [2.24, 2.45) is 0 Å². The summed E-state index contributed by atoms with van der Waals surface area (Å²) >= 11 is 1.35. The van der Waals surface area contributed by atoms with Crippen molar-refractivity contribution in [2.75, 3.05) is 5.32 Å². The number of benzene rings is 1. The third kappa shape index (κ3) is 2.20. The largest absolute Gasteiger partial charge is 0.545 e. The fraction of sp³-hybridized carbons (Fsp3) is 0.200. The molecule has 1 aromatic heterocycles. The number of anilines is 1. The Morgan fingerprint density at radius 2 is 1.90 bits per heavy atom. The first-order valence-electron chi connectivity index (χ1n) is 6.39. The molecule has 0 fully saturated rings. The van der Waals surface area contributed by atoms with E-state index < -0.39 is 5.97 Å². The van der Waals surface area contributed by atoms with Crippen LogP contribution in [0.2, 0.25) is 0 Å². The van der Waals surface area contributed by atoms with E-state index in [4.69, 9.17) is 0 Å². The van der Waals surface area contributed by atoms with E-state index in [9.17, 15) is 14.7 Å². The van der Waals surface area contributed by atoms with Gasteiger partial charge in [-0.25, -0.2) is 0 Å². The minimum absolute atomic E-state index is 0.159. The van der Waals surface area contributed by atoms with Gasteiger partial charge in [-0.1, -0.05) is 18.2 Å². The average molecular weight is 286 g/mol. The molecular formula is C15H12NO3S-. The van der Waals surface area contributed by atoms with E-state index in [1.807, 2.05) is 6.07 Å². The molecule has 5 heteroatoms. The molecule has 0 spiro atoms. The minimum Gasteiger partial charge on any atom is -0.545 e. The molecule has 4 nitrogen and oxygen atoms in total. The lowest BCUT2D eigenvalue weighted by atomic mass is 10.1. The van der Waals surface area contributed by atoms with Crippen LogP contribution in [0.25, 0.3) is 0 Å². The zero-order chi connectivity index (χ0) is 14.1. The van der Waals surface area contributed by atoms with Gasteiger partial charge in [0.15, 0.2) is 0 Å². The topological polar surface area (TPSA) is 69.2 Å². The SMILES string of the molecule is O=C(Nc1sc2c(c1C(=O)[O-])CCC2)c1ccccc1. The second-order valence-electron chi connectivity index (χ2n) is 4.67. The van der Waals surface area contributed by atoms with Gasteiger partial charge in [0.2, 0.25) is 0 Å². The van der Waals surface area contributed by atoms with Gasteiger partial charge in [-0.3, -0.25) is 4.79 Å². The molecule has 3 rings (SSSR count). The summed E-state index contributed by atoms with van der Waals surface area (Å²) in [4.78, 5) is 24.5. The third-order valence-corrected chi connectivity index (χ3v) is 4.60. The highest BCUT2D eigenvalue weighted by molar-refractivity contribution is 7.17. The van der Waals surface area contributed by atoms with Crippen molar-refractivity contribution < 1.29 is 14.7 Å². The summed E-state index contributed by atoms with van der Waals surface area (Å²) in [6, 6.07) is 8.74. The van der Waals surface area contributed by atoms with Gasteiger partial charge < -0.3 is 15.2 Å². The fourth-order valence-corrected chi connectivity index (χ4v) is 3.75. The van der Waals surface area contributed by atoms with E-state index in [2.05, 4.69) is 5.32 Å². The van der Waals surface area contributed by atoms with Crippen LogP contribution < -0.4 is 10.4 Å². The first kappa shape index (κ1) is 12.9.